The Hall–Kier alpha value is -4.05. The third-order valence-electron chi connectivity index (χ3n) is 3.95. The molecule has 0 fully saturated rings. The van der Waals surface area contributed by atoms with Crippen molar-refractivity contribution in [3.05, 3.63) is 76.2 Å². The minimum atomic E-state index is -0.491. The number of hydrazone groups is 1. The van der Waals surface area contributed by atoms with E-state index in [0.717, 1.165) is 0 Å². The standard InChI is InChI=1S/C22H20N4O5S/c1-2-30-18-12-15(5-6-17(18)31-22(29)19-4-3-11-32-19)13-25-26-20(27)14-24-21(28)16-7-9-23-10-8-16/h3-13H,2,14H2,1H3,(H,24,28)(H,26,27). The third-order valence-corrected chi connectivity index (χ3v) is 4.80. The summed E-state index contributed by atoms with van der Waals surface area (Å²) < 4.78 is 11.0. The van der Waals surface area contributed by atoms with Crippen LogP contribution >= 0.6 is 11.3 Å². The maximum Gasteiger partial charge on any atom is 0.353 e. The van der Waals surface area contributed by atoms with E-state index in [1.807, 2.05) is 6.92 Å². The van der Waals surface area contributed by atoms with E-state index in [0.29, 0.717) is 28.4 Å². The highest BCUT2D eigenvalue weighted by Crippen LogP contribution is 2.29. The molecule has 2 amide bonds. The summed E-state index contributed by atoms with van der Waals surface area (Å²) in [6.07, 6.45) is 4.39. The summed E-state index contributed by atoms with van der Waals surface area (Å²) in [5, 5.41) is 8.16. The molecule has 1 aromatic carbocycles. The van der Waals surface area contributed by atoms with Gasteiger partial charge in [-0.2, -0.15) is 5.10 Å². The number of aromatic nitrogens is 1. The van der Waals surface area contributed by atoms with Crippen LogP contribution < -0.4 is 20.2 Å². The molecule has 0 saturated heterocycles. The Bertz CT molecular complexity index is 1100. The van der Waals surface area contributed by atoms with Crippen molar-refractivity contribution in [2.24, 2.45) is 5.10 Å². The van der Waals surface area contributed by atoms with Crippen LogP contribution in [-0.4, -0.2) is 42.1 Å². The second-order valence-electron chi connectivity index (χ2n) is 6.22. The van der Waals surface area contributed by atoms with Crippen molar-refractivity contribution >= 4 is 35.3 Å². The van der Waals surface area contributed by atoms with Crippen molar-refractivity contribution in [3.63, 3.8) is 0 Å². The lowest BCUT2D eigenvalue weighted by atomic mass is 10.2. The number of nitrogens with one attached hydrogen (secondary N) is 2. The van der Waals surface area contributed by atoms with Crippen LogP contribution in [0.1, 0.15) is 32.5 Å². The first-order valence-corrected chi connectivity index (χ1v) is 10.5. The molecule has 3 aromatic rings. The second-order valence-corrected chi connectivity index (χ2v) is 7.17. The summed E-state index contributed by atoms with van der Waals surface area (Å²) in [7, 11) is 0. The fourth-order valence-corrected chi connectivity index (χ4v) is 3.09. The van der Waals surface area contributed by atoms with Gasteiger partial charge in [-0.3, -0.25) is 14.6 Å². The van der Waals surface area contributed by atoms with Crippen molar-refractivity contribution in [1.29, 1.82) is 0 Å². The minimum absolute atomic E-state index is 0.236. The Balaban J connectivity index is 1.55. The van der Waals surface area contributed by atoms with E-state index in [1.165, 1.54) is 29.9 Å². The molecule has 164 valence electrons. The zero-order valence-electron chi connectivity index (χ0n) is 17.1. The van der Waals surface area contributed by atoms with E-state index in [1.54, 1.807) is 47.8 Å². The summed E-state index contributed by atoms with van der Waals surface area (Å²) in [4.78, 5) is 40.3. The van der Waals surface area contributed by atoms with Crippen LogP contribution in [-0.2, 0) is 4.79 Å². The highest BCUT2D eigenvalue weighted by atomic mass is 32.1. The quantitative estimate of drug-likeness (QED) is 0.223. The number of thiophene rings is 1. The Morgan fingerprint density at radius 1 is 1.12 bits per heavy atom. The Morgan fingerprint density at radius 2 is 1.94 bits per heavy atom. The van der Waals surface area contributed by atoms with Gasteiger partial charge in [0.05, 0.1) is 19.4 Å². The lowest BCUT2D eigenvalue weighted by molar-refractivity contribution is -0.120. The summed E-state index contributed by atoms with van der Waals surface area (Å²) in [6, 6.07) is 11.4. The van der Waals surface area contributed by atoms with Crippen LogP contribution in [0.5, 0.6) is 11.5 Å². The topological polar surface area (TPSA) is 119 Å². The lowest BCUT2D eigenvalue weighted by Crippen LogP contribution is -2.34. The average molecular weight is 452 g/mol. The lowest BCUT2D eigenvalue weighted by Gasteiger charge is -2.10. The summed E-state index contributed by atoms with van der Waals surface area (Å²) in [5.41, 5.74) is 3.35. The number of amides is 2. The van der Waals surface area contributed by atoms with Crippen LogP contribution in [0.25, 0.3) is 0 Å². The normalized spacial score (nSPS) is 10.5. The van der Waals surface area contributed by atoms with Crippen molar-refractivity contribution < 1.29 is 23.9 Å². The van der Waals surface area contributed by atoms with Gasteiger partial charge in [0.2, 0.25) is 0 Å². The minimum Gasteiger partial charge on any atom is -0.490 e. The van der Waals surface area contributed by atoms with Crippen LogP contribution in [0.2, 0.25) is 0 Å². The van der Waals surface area contributed by atoms with Crippen LogP contribution in [0, 0.1) is 0 Å². The number of benzene rings is 1. The molecule has 3 rings (SSSR count). The van der Waals surface area contributed by atoms with Crippen molar-refractivity contribution in [2.45, 2.75) is 6.92 Å². The SMILES string of the molecule is CCOc1cc(C=NNC(=O)CNC(=O)c2ccncc2)ccc1OC(=O)c1cccs1. The van der Waals surface area contributed by atoms with Gasteiger partial charge in [-0.15, -0.1) is 11.3 Å². The van der Waals surface area contributed by atoms with Gasteiger partial charge in [0, 0.05) is 18.0 Å². The Kier molecular flexibility index (Phi) is 8.04. The highest BCUT2D eigenvalue weighted by Gasteiger charge is 2.14. The second kappa shape index (κ2) is 11.4. The van der Waals surface area contributed by atoms with E-state index >= 15 is 0 Å². The fourth-order valence-electron chi connectivity index (χ4n) is 2.49. The smallest absolute Gasteiger partial charge is 0.353 e. The molecular weight excluding hydrogens is 432 g/mol. The Morgan fingerprint density at radius 3 is 2.66 bits per heavy atom. The number of esters is 1. The maximum absolute atomic E-state index is 12.2. The molecule has 32 heavy (non-hydrogen) atoms. The molecule has 0 aliphatic rings. The number of carbonyl (C=O) groups excluding carboxylic acids is 3. The van der Waals surface area contributed by atoms with Gasteiger partial charge in [-0.05, 0) is 54.3 Å². The van der Waals surface area contributed by atoms with Crippen LogP contribution in [0.4, 0.5) is 0 Å². The van der Waals surface area contributed by atoms with Crippen molar-refractivity contribution in [1.82, 2.24) is 15.7 Å². The number of ether oxygens (including phenoxy) is 2. The van der Waals surface area contributed by atoms with Crippen LogP contribution in [0.15, 0.2) is 65.3 Å². The van der Waals surface area contributed by atoms with Gasteiger partial charge in [-0.25, -0.2) is 10.2 Å². The molecule has 2 heterocycles. The molecule has 0 saturated carbocycles. The van der Waals surface area contributed by atoms with Gasteiger partial charge >= 0.3 is 5.97 Å². The molecule has 10 heteroatoms. The molecule has 0 atom stereocenters. The molecule has 0 spiro atoms. The van der Waals surface area contributed by atoms with Gasteiger partial charge in [0.1, 0.15) is 4.88 Å². The van der Waals surface area contributed by atoms with Crippen molar-refractivity contribution in [3.8, 4) is 11.5 Å². The number of carbonyl (C=O) groups is 3. The van der Waals surface area contributed by atoms with E-state index in [-0.39, 0.29) is 18.2 Å². The molecule has 0 aliphatic heterocycles. The molecule has 0 unspecified atom stereocenters. The molecule has 0 aliphatic carbocycles. The summed E-state index contributed by atoms with van der Waals surface area (Å²) in [6.45, 7) is 1.95. The molecule has 0 bridgehead atoms. The third kappa shape index (κ3) is 6.47. The fraction of sp³-hybridized carbons (Fsp3) is 0.136. The molecular formula is C22H20N4O5S. The number of nitrogens with zero attached hydrogens (tertiary/aromatic N) is 2. The number of pyridine rings is 1. The average Bonchev–Trinajstić information content (AvgIpc) is 3.35. The highest BCUT2D eigenvalue weighted by molar-refractivity contribution is 7.12. The monoisotopic (exact) mass is 452 g/mol. The predicted molar refractivity (Wildman–Crippen MR) is 119 cm³/mol. The number of hydrogen-bond donors (Lipinski definition) is 2. The summed E-state index contributed by atoms with van der Waals surface area (Å²) >= 11 is 1.29. The molecule has 9 nitrogen and oxygen atoms in total. The van der Waals surface area contributed by atoms with E-state index in [2.05, 4.69) is 20.8 Å². The molecule has 2 aromatic heterocycles. The van der Waals surface area contributed by atoms with E-state index < -0.39 is 11.9 Å². The van der Waals surface area contributed by atoms with Crippen LogP contribution in [0.3, 0.4) is 0 Å². The van der Waals surface area contributed by atoms with Gasteiger partial charge in [-0.1, -0.05) is 6.07 Å². The zero-order chi connectivity index (χ0) is 22.8. The molecule has 2 N–H and O–H groups in total. The van der Waals surface area contributed by atoms with Gasteiger partial charge in [0.15, 0.2) is 11.5 Å². The number of rotatable bonds is 9. The summed E-state index contributed by atoms with van der Waals surface area (Å²) in [5.74, 6) is -0.693. The first-order chi connectivity index (χ1) is 15.6. The largest absolute Gasteiger partial charge is 0.490 e. The van der Waals surface area contributed by atoms with Gasteiger partial charge < -0.3 is 14.8 Å². The maximum atomic E-state index is 12.2. The predicted octanol–water partition coefficient (Wildman–Crippen LogP) is 2.64. The van der Waals surface area contributed by atoms with Gasteiger partial charge in [0.25, 0.3) is 11.8 Å². The number of hydrogen-bond acceptors (Lipinski definition) is 8. The van der Waals surface area contributed by atoms with E-state index in [4.69, 9.17) is 9.47 Å². The first-order valence-electron chi connectivity index (χ1n) is 9.59. The van der Waals surface area contributed by atoms with E-state index in [9.17, 15) is 14.4 Å². The van der Waals surface area contributed by atoms with Crippen molar-refractivity contribution in [2.75, 3.05) is 13.2 Å². The Labute approximate surface area is 188 Å². The first kappa shape index (κ1) is 22.6. The zero-order valence-corrected chi connectivity index (χ0v) is 17.9. The molecule has 0 radical (unpaired) electrons.